The topological polar surface area (TPSA) is 56.1 Å². The Labute approximate surface area is 125 Å². The van der Waals surface area contributed by atoms with Crippen molar-refractivity contribution in [2.24, 2.45) is 0 Å². The molecule has 1 aromatic carbocycles. The number of nitriles is 1. The van der Waals surface area contributed by atoms with E-state index in [1.165, 1.54) is 11.1 Å². The Balaban J connectivity index is 2.02. The highest BCUT2D eigenvalue weighted by Crippen LogP contribution is 2.35. The fraction of sp³-hybridized carbons (Fsp3) is 0.412. The van der Waals surface area contributed by atoms with Gasteiger partial charge in [0.15, 0.2) is 0 Å². The van der Waals surface area contributed by atoms with E-state index < -0.39 is 0 Å². The van der Waals surface area contributed by atoms with E-state index in [0.29, 0.717) is 19.5 Å². The first-order valence-electron chi connectivity index (χ1n) is 7.15. The van der Waals surface area contributed by atoms with Gasteiger partial charge in [-0.25, -0.2) is 0 Å². The molecule has 4 nitrogen and oxygen atoms in total. The lowest BCUT2D eigenvalue weighted by Gasteiger charge is -2.27. The van der Waals surface area contributed by atoms with Gasteiger partial charge in [0.2, 0.25) is 5.91 Å². The second-order valence-corrected chi connectivity index (χ2v) is 5.12. The Kier molecular flexibility index (Phi) is 5.37. The van der Waals surface area contributed by atoms with E-state index in [1.54, 1.807) is 0 Å². The predicted molar refractivity (Wildman–Crippen MR) is 81.1 cm³/mol. The van der Waals surface area contributed by atoms with Gasteiger partial charge >= 0.3 is 0 Å². The van der Waals surface area contributed by atoms with Crippen LogP contribution in [0.1, 0.15) is 30.0 Å². The van der Waals surface area contributed by atoms with Crippen LogP contribution >= 0.6 is 0 Å². The van der Waals surface area contributed by atoms with Crippen molar-refractivity contribution in [1.29, 1.82) is 5.26 Å². The molecule has 0 bridgehead atoms. The molecule has 0 heterocycles. The number of terminal acetylenes is 1. The number of nitrogens with zero attached hydrogens (tertiary/aromatic N) is 2. The number of nitrogens with one attached hydrogen (secondary N) is 1. The van der Waals surface area contributed by atoms with Crippen molar-refractivity contribution in [2.75, 3.05) is 19.6 Å². The maximum absolute atomic E-state index is 11.9. The van der Waals surface area contributed by atoms with E-state index in [9.17, 15) is 4.79 Å². The second-order valence-electron chi connectivity index (χ2n) is 5.12. The number of benzene rings is 1. The molecule has 1 atom stereocenters. The third-order valence-electron chi connectivity index (χ3n) is 3.74. The van der Waals surface area contributed by atoms with Crippen LogP contribution in [0.5, 0.6) is 0 Å². The van der Waals surface area contributed by atoms with Crippen molar-refractivity contribution in [3.8, 4) is 18.4 Å². The second kappa shape index (κ2) is 7.47. The highest BCUT2D eigenvalue weighted by atomic mass is 16.2. The SMILES string of the molecule is C#CCN(CC(=O)NCCC#N)[C@H]1CCc2ccccc21. The molecule has 0 spiro atoms. The molecule has 1 aromatic rings. The molecule has 108 valence electrons. The van der Waals surface area contributed by atoms with Gasteiger partial charge in [0.1, 0.15) is 0 Å². The van der Waals surface area contributed by atoms with Crippen molar-refractivity contribution < 1.29 is 4.79 Å². The molecule has 1 aliphatic rings. The summed E-state index contributed by atoms with van der Waals surface area (Å²) in [6.45, 7) is 1.11. The van der Waals surface area contributed by atoms with Crippen LogP contribution in [0, 0.1) is 23.7 Å². The number of hydrogen-bond donors (Lipinski definition) is 1. The third-order valence-corrected chi connectivity index (χ3v) is 3.74. The minimum Gasteiger partial charge on any atom is -0.354 e. The quantitative estimate of drug-likeness (QED) is 0.637. The number of carbonyl (C=O) groups excluding carboxylic acids is 1. The number of rotatable bonds is 6. The molecule has 21 heavy (non-hydrogen) atoms. The molecule has 0 unspecified atom stereocenters. The average Bonchev–Trinajstić information content (AvgIpc) is 2.91. The van der Waals surface area contributed by atoms with E-state index in [1.807, 2.05) is 23.1 Å². The van der Waals surface area contributed by atoms with E-state index in [-0.39, 0.29) is 18.5 Å². The van der Waals surface area contributed by atoms with E-state index >= 15 is 0 Å². The van der Waals surface area contributed by atoms with Crippen LogP contribution in [-0.2, 0) is 11.2 Å². The Bertz CT molecular complexity index is 582. The molecule has 1 N–H and O–H groups in total. The molecule has 0 radical (unpaired) electrons. The summed E-state index contributed by atoms with van der Waals surface area (Å²) in [6.07, 6.45) is 7.79. The van der Waals surface area contributed by atoms with Crippen molar-refractivity contribution in [3.05, 3.63) is 35.4 Å². The number of aryl methyl sites for hydroxylation is 1. The van der Waals surface area contributed by atoms with Gasteiger partial charge in [-0.05, 0) is 24.0 Å². The van der Waals surface area contributed by atoms with Gasteiger partial charge in [-0.15, -0.1) is 6.42 Å². The summed E-state index contributed by atoms with van der Waals surface area (Å²) in [5.41, 5.74) is 2.62. The maximum atomic E-state index is 11.9. The van der Waals surface area contributed by atoms with Crippen LogP contribution in [0.3, 0.4) is 0 Å². The highest BCUT2D eigenvalue weighted by Gasteiger charge is 2.28. The molecule has 0 saturated heterocycles. The van der Waals surface area contributed by atoms with Crippen LogP contribution in [-0.4, -0.2) is 30.4 Å². The zero-order valence-electron chi connectivity index (χ0n) is 12.0. The average molecular weight is 281 g/mol. The fourth-order valence-electron chi connectivity index (χ4n) is 2.81. The molecule has 0 aliphatic heterocycles. The predicted octanol–water partition coefficient (Wildman–Crippen LogP) is 1.64. The highest BCUT2D eigenvalue weighted by molar-refractivity contribution is 5.78. The monoisotopic (exact) mass is 281 g/mol. The standard InChI is InChI=1S/C17H19N3O/c1-2-12-20(13-17(21)19-11-5-10-18)16-9-8-14-6-3-4-7-15(14)16/h1,3-4,6-7,16H,5,8-9,11-13H2,(H,19,21)/t16-/m0/s1. The molecule has 2 rings (SSSR count). The lowest BCUT2D eigenvalue weighted by molar-refractivity contribution is -0.122. The minimum absolute atomic E-state index is 0.0788. The minimum atomic E-state index is -0.0788. The van der Waals surface area contributed by atoms with Gasteiger partial charge in [0.05, 0.1) is 25.6 Å². The van der Waals surface area contributed by atoms with Crippen molar-refractivity contribution in [2.45, 2.75) is 25.3 Å². The first-order chi connectivity index (χ1) is 10.3. The van der Waals surface area contributed by atoms with E-state index in [0.717, 1.165) is 12.8 Å². The van der Waals surface area contributed by atoms with Crippen molar-refractivity contribution >= 4 is 5.91 Å². The normalized spacial score (nSPS) is 16.0. The Morgan fingerprint density at radius 2 is 2.29 bits per heavy atom. The largest absolute Gasteiger partial charge is 0.354 e. The number of hydrogen-bond acceptors (Lipinski definition) is 3. The van der Waals surface area contributed by atoms with Gasteiger partial charge in [0.25, 0.3) is 0 Å². The summed E-state index contributed by atoms with van der Waals surface area (Å²) < 4.78 is 0. The summed E-state index contributed by atoms with van der Waals surface area (Å²) in [7, 11) is 0. The first-order valence-corrected chi connectivity index (χ1v) is 7.15. The molecule has 0 aromatic heterocycles. The number of carbonyl (C=O) groups is 1. The Hall–Kier alpha value is -2.30. The zero-order valence-corrected chi connectivity index (χ0v) is 12.0. The van der Waals surface area contributed by atoms with Crippen LogP contribution in [0.25, 0.3) is 0 Å². The third kappa shape index (κ3) is 3.84. The molecule has 0 saturated carbocycles. The van der Waals surface area contributed by atoms with Crippen LogP contribution in [0.4, 0.5) is 0 Å². The Morgan fingerprint density at radius 3 is 3.05 bits per heavy atom. The van der Waals surface area contributed by atoms with Gasteiger partial charge < -0.3 is 5.32 Å². The zero-order chi connectivity index (χ0) is 15.1. The van der Waals surface area contributed by atoms with E-state index in [2.05, 4.69) is 23.4 Å². The van der Waals surface area contributed by atoms with E-state index in [4.69, 9.17) is 11.7 Å². The van der Waals surface area contributed by atoms with Crippen LogP contribution in [0.2, 0.25) is 0 Å². The van der Waals surface area contributed by atoms with Crippen LogP contribution < -0.4 is 5.32 Å². The van der Waals surface area contributed by atoms with Crippen molar-refractivity contribution in [1.82, 2.24) is 10.2 Å². The summed E-state index contributed by atoms with van der Waals surface area (Å²) >= 11 is 0. The summed E-state index contributed by atoms with van der Waals surface area (Å²) in [4.78, 5) is 14.0. The maximum Gasteiger partial charge on any atom is 0.234 e. The fourth-order valence-corrected chi connectivity index (χ4v) is 2.81. The number of amides is 1. The summed E-state index contributed by atoms with van der Waals surface area (Å²) in [5, 5.41) is 11.2. The number of fused-ring (bicyclic) bond motifs is 1. The Morgan fingerprint density at radius 1 is 1.48 bits per heavy atom. The molecular weight excluding hydrogens is 262 g/mol. The van der Waals surface area contributed by atoms with Crippen LogP contribution in [0.15, 0.2) is 24.3 Å². The molecular formula is C17H19N3O. The smallest absolute Gasteiger partial charge is 0.234 e. The van der Waals surface area contributed by atoms with Gasteiger partial charge in [-0.3, -0.25) is 9.69 Å². The lowest BCUT2D eigenvalue weighted by Crippen LogP contribution is -2.39. The van der Waals surface area contributed by atoms with Gasteiger partial charge in [-0.2, -0.15) is 5.26 Å². The lowest BCUT2D eigenvalue weighted by atomic mass is 10.1. The molecule has 1 aliphatic carbocycles. The summed E-state index contributed by atoms with van der Waals surface area (Å²) in [6, 6.07) is 10.5. The van der Waals surface area contributed by atoms with Crippen molar-refractivity contribution in [3.63, 3.8) is 0 Å². The summed E-state index contributed by atoms with van der Waals surface area (Å²) in [5.74, 6) is 2.56. The molecule has 1 amide bonds. The molecule has 0 fully saturated rings. The van der Waals surface area contributed by atoms with Gasteiger partial charge in [-0.1, -0.05) is 30.2 Å². The molecule has 4 heteroatoms. The van der Waals surface area contributed by atoms with Gasteiger partial charge in [0, 0.05) is 12.6 Å². The first kappa shape index (κ1) is 15.1.